The molecule has 0 radical (unpaired) electrons. The van der Waals surface area contributed by atoms with Crippen molar-refractivity contribution in [1.82, 2.24) is 5.32 Å². The molecular formula is C14H20ClNO. The Labute approximate surface area is 108 Å². The number of nitrogens with one attached hydrogen (secondary N) is 1. The molecule has 0 aromatic heterocycles. The van der Waals surface area contributed by atoms with E-state index < -0.39 is 0 Å². The van der Waals surface area contributed by atoms with Crippen molar-refractivity contribution in [2.45, 2.75) is 44.7 Å². The van der Waals surface area contributed by atoms with Gasteiger partial charge in [0.2, 0.25) is 0 Å². The minimum atomic E-state index is 0.337. The van der Waals surface area contributed by atoms with E-state index in [1.807, 2.05) is 18.2 Å². The normalized spacial score (nSPS) is 17.6. The van der Waals surface area contributed by atoms with E-state index in [-0.39, 0.29) is 0 Å². The highest BCUT2D eigenvalue weighted by molar-refractivity contribution is 6.31. The standard InChI is InChI=1S/C14H20ClNO/c1-3-14(8-5-9-14)16-10-11-12(15)6-4-7-13(11)17-2/h4,6-7,16H,3,5,8-10H2,1-2H3. The van der Waals surface area contributed by atoms with Crippen LogP contribution in [0, 0.1) is 0 Å². The molecule has 94 valence electrons. The van der Waals surface area contributed by atoms with Crippen molar-refractivity contribution in [1.29, 1.82) is 0 Å². The van der Waals surface area contributed by atoms with Crippen LogP contribution in [0.1, 0.15) is 38.2 Å². The van der Waals surface area contributed by atoms with Crippen LogP contribution in [0.2, 0.25) is 5.02 Å². The summed E-state index contributed by atoms with van der Waals surface area (Å²) in [6, 6.07) is 5.80. The lowest BCUT2D eigenvalue weighted by Crippen LogP contribution is -2.49. The van der Waals surface area contributed by atoms with E-state index in [2.05, 4.69) is 12.2 Å². The first-order chi connectivity index (χ1) is 8.21. The Bertz CT molecular complexity index is 382. The third-order valence-corrected chi connectivity index (χ3v) is 4.28. The molecule has 17 heavy (non-hydrogen) atoms. The number of hydrogen-bond donors (Lipinski definition) is 1. The summed E-state index contributed by atoms with van der Waals surface area (Å²) in [6.45, 7) is 3.03. The number of halogens is 1. The maximum absolute atomic E-state index is 6.22. The van der Waals surface area contributed by atoms with Crippen LogP contribution in [-0.4, -0.2) is 12.6 Å². The molecule has 0 aliphatic heterocycles. The second kappa shape index (κ2) is 5.28. The van der Waals surface area contributed by atoms with Gasteiger partial charge in [0.25, 0.3) is 0 Å². The van der Waals surface area contributed by atoms with E-state index in [4.69, 9.17) is 16.3 Å². The third kappa shape index (κ3) is 2.58. The van der Waals surface area contributed by atoms with E-state index in [9.17, 15) is 0 Å². The van der Waals surface area contributed by atoms with Gasteiger partial charge in [0.1, 0.15) is 5.75 Å². The van der Waals surface area contributed by atoms with E-state index in [1.54, 1.807) is 7.11 Å². The molecule has 0 amide bonds. The molecule has 2 rings (SSSR count). The highest BCUT2D eigenvalue weighted by Gasteiger charge is 2.34. The lowest BCUT2D eigenvalue weighted by Gasteiger charge is -2.42. The summed E-state index contributed by atoms with van der Waals surface area (Å²) in [6.07, 6.45) is 5.06. The Morgan fingerprint density at radius 2 is 2.18 bits per heavy atom. The van der Waals surface area contributed by atoms with Gasteiger partial charge >= 0.3 is 0 Å². The molecule has 1 aromatic carbocycles. The average molecular weight is 254 g/mol. The zero-order valence-corrected chi connectivity index (χ0v) is 11.3. The Balaban J connectivity index is 2.08. The van der Waals surface area contributed by atoms with Crippen molar-refractivity contribution in [2.24, 2.45) is 0 Å². The van der Waals surface area contributed by atoms with Gasteiger partial charge in [0.15, 0.2) is 0 Å². The zero-order chi connectivity index (χ0) is 12.3. The van der Waals surface area contributed by atoms with Crippen molar-refractivity contribution in [3.05, 3.63) is 28.8 Å². The molecule has 3 heteroatoms. The SMILES string of the molecule is CCC1(NCc2c(Cl)cccc2OC)CCC1. The zero-order valence-electron chi connectivity index (χ0n) is 10.6. The molecule has 1 saturated carbocycles. The first-order valence-corrected chi connectivity index (χ1v) is 6.65. The largest absolute Gasteiger partial charge is 0.496 e. The minimum Gasteiger partial charge on any atom is -0.496 e. The molecule has 0 saturated heterocycles. The first-order valence-electron chi connectivity index (χ1n) is 6.27. The van der Waals surface area contributed by atoms with Gasteiger partial charge in [-0.05, 0) is 37.8 Å². The Morgan fingerprint density at radius 3 is 2.71 bits per heavy atom. The summed E-state index contributed by atoms with van der Waals surface area (Å²) in [5.74, 6) is 0.871. The molecule has 1 fully saturated rings. The molecule has 0 unspecified atom stereocenters. The van der Waals surface area contributed by atoms with Crippen LogP contribution in [0.25, 0.3) is 0 Å². The lowest BCUT2D eigenvalue weighted by atomic mass is 9.75. The van der Waals surface area contributed by atoms with Crippen molar-refractivity contribution >= 4 is 11.6 Å². The van der Waals surface area contributed by atoms with Gasteiger partial charge in [-0.3, -0.25) is 0 Å². The van der Waals surface area contributed by atoms with Crippen LogP contribution in [0.5, 0.6) is 5.75 Å². The van der Waals surface area contributed by atoms with Crippen molar-refractivity contribution in [2.75, 3.05) is 7.11 Å². The second-order valence-electron chi connectivity index (χ2n) is 4.76. The second-order valence-corrected chi connectivity index (χ2v) is 5.17. The van der Waals surface area contributed by atoms with Crippen LogP contribution < -0.4 is 10.1 Å². The number of rotatable bonds is 5. The highest BCUT2D eigenvalue weighted by atomic mass is 35.5. The quantitative estimate of drug-likeness (QED) is 0.863. The molecular weight excluding hydrogens is 234 g/mol. The molecule has 1 aromatic rings. The molecule has 0 heterocycles. The number of hydrogen-bond acceptors (Lipinski definition) is 2. The summed E-state index contributed by atoms with van der Waals surface area (Å²) in [5, 5.41) is 4.43. The van der Waals surface area contributed by atoms with E-state index in [0.29, 0.717) is 5.54 Å². The predicted octanol–water partition coefficient (Wildman–Crippen LogP) is 3.77. The fraction of sp³-hybridized carbons (Fsp3) is 0.571. The van der Waals surface area contributed by atoms with E-state index in [0.717, 1.165) is 22.9 Å². The van der Waals surface area contributed by atoms with Gasteiger partial charge in [-0.15, -0.1) is 0 Å². The van der Waals surface area contributed by atoms with Gasteiger partial charge in [-0.25, -0.2) is 0 Å². The van der Waals surface area contributed by atoms with Crippen LogP contribution in [0.4, 0.5) is 0 Å². The molecule has 0 atom stereocenters. The molecule has 1 aliphatic carbocycles. The Hall–Kier alpha value is -0.730. The predicted molar refractivity (Wildman–Crippen MR) is 71.7 cm³/mol. The topological polar surface area (TPSA) is 21.3 Å². The number of ether oxygens (including phenoxy) is 1. The average Bonchev–Trinajstić information content (AvgIpc) is 2.29. The fourth-order valence-electron chi connectivity index (χ4n) is 2.44. The van der Waals surface area contributed by atoms with Crippen LogP contribution in [0.3, 0.4) is 0 Å². The molecule has 1 aliphatic rings. The number of methoxy groups -OCH3 is 1. The summed E-state index contributed by atoms with van der Waals surface area (Å²) in [7, 11) is 1.69. The van der Waals surface area contributed by atoms with E-state index in [1.165, 1.54) is 25.7 Å². The molecule has 0 spiro atoms. The summed E-state index contributed by atoms with van der Waals surface area (Å²) >= 11 is 6.22. The van der Waals surface area contributed by atoms with Gasteiger partial charge < -0.3 is 10.1 Å². The highest BCUT2D eigenvalue weighted by Crippen LogP contribution is 2.36. The third-order valence-electron chi connectivity index (χ3n) is 3.92. The Morgan fingerprint density at radius 1 is 1.41 bits per heavy atom. The van der Waals surface area contributed by atoms with Crippen molar-refractivity contribution in [3.8, 4) is 5.75 Å². The van der Waals surface area contributed by atoms with Gasteiger partial charge in [-0.2, -0.15) is 0 Å². The van der Waals surface area contributed by atoms with Gasteiger partial charge in [0, 0.05) is 22.7 Å². The monoisotopic (exact) mass is 253 g/mol. The minimum absolute atomic E-state index is 0.337. The van der Waals surface area contributed by atoms with Crippen LogP contribution in [0.15, 0.2) is 18.2 Å². The van der Waals surface area contributed by atoms with Gasteiger partial charge in [-0.1, -0.05) is 24.6 Å². The van der Waals surface area contributed by atoms with E-state index >= 15 is 0 Å². The summed E-state index contributed by atoms with van der Waals surface area (Å²) < 4.78 is 5.35. The first kappa shape index (κ1) is 12.7. The van der Waals surface area contributed by atoms with Crippen LogP contribution in [-0.2, 0) is 6.54 Å². The molecule has 1 N–H and O–H groups in total. The molecule has 2 nitrogen and oxygen atoms in total. The van der Waals surface area contributed by atoms with Gasteiger partial charge in [0.05, 0.1) is 7.11 Å². The van der Waals surface area contributed by atoms with Crippen LogP contribution >= 0.6 is 11.6 Å². The summed E-state index contributed by atoms with van der Waals surface area (Å²) in [5.41, 5.74) is 1.40. The smallest absolute Gasteiger partial charge is 0.124 e. The number of benzene rings is 1. The maximum atomic E-state index is 6.22. The summed E-state index contributed by atoms with van der Waals surface area (Å²) in [4.78, 5) is 0. The lowest BCUT2D eigenvalue weighted by molar-refractivity contribution is 0.175. The molecule has 0 bridgehead atoms. The van der Waals surface area contributed by atoms with Crippen molar-refractivity contribution < 1.29 is 4.74 Å². The Kier molecular flexibility index (Phi) is 3.95. The van der Waals surface area contributed by atoms with Crippen molar-refractivity contribution in [3.63, 3.8) is 0 Å². The maximum Gasteiger partial charge on any atom is 0.124 e. The fourth-order valence-corrected chi connectivity index (χ4v) is 2.67.